The quantitative estimate of drug-likeness (QED) is 0.339. The van der Waals surface area contributed by atoms with Gasteiger partial charge in [-0.3, -0.25) is 9.59 Å². The van der Waals surface area contributed by atoms with Crippen molar-refractivity contribution in [3.63, 3.8) is 0 Å². The molecule has 4 aromatic rings. The van der Waals surface area contributed by atoms with Crippen LogP contribution < -0.4 is 15.4 Å². The van der Waals surface area contributed by atoms with Crippen LogP contribution in [-0.4, -0.2) is 29.4 Å². The molecule has 1 aliphatic rings. The molecule has 1 aliphatic heterocycles. The maximum atomic E-state index is 13.2. The first-order valence-corrected chi connectivity index (χ1v) is 12.5. The van der Waals surface area contributed by atoms with Crippen molar-refractivity contribution in [1.29, 1.82) is 0 Å². The summed E-state index contributed by atoms with van der Waals surface area (Å²) >= 11 is 0. The lowest BCUT2D eigenvalue weighted by Crippen LogP contribution is -2.48. The van der Waals surface area contributed by atoms with Gasteiger partial charge in [0.2, 0.25) is 11.8 Å². The van der Waals surface area contributed by atoms with Crippen LogP contribution in [0.5, 0.6) is 5.75 Å². The summed E-state index contributed by atoms with van der Waals surface area (Å²) in [6, 6.07) is 21.8. The summed E-state index contributed by atoms with van der Waals surface area (Å²) in [5, 5.41) is 7.01. The van der Waals surface area contributed by atoms with E-state index in [1.165, 1.54) is 5.56 Å². The minimum atomic E-state index is -0.660. The zero-order valence-electron chi connectivity index (χ0n) is 20.6. The largest absolute Gasteiger partial charge is 0.493 e. The van der Waals surface area contributed by atoms with Gasteiger partial charge in [0.25, 0.3) is 0 Å². The zero-order valence-corrected chi connectivity index (χ0v) is 20.6. The third-order valence-electron chi connectivity index (χ3n) is 6.70. The molecule has 0 radical (unpaired) electrons. The Kier molecular flexibility index (Phi) is 6.76. The van der Waals surface area contributed by atoms with E-state index < -0.39 is 6.04 Å². The van der Waals surface area contributed by atoms with Gasteiger partial charge in [0.15, 0.2) is 0 Å². The first-order chi connectivity index (χ1) is 17.5. The van der Waals surface area contributed by atoms with E-state index in [9.17, 15) is 9.59 Å². The molecular formula is C30H31N3O3. The Morgan fingerprint density at radius 1 is 0.972 bits per heavy atom. The maximum absolute atomic E-state index is 13.2. The Labute approximate surface area is 211 Å². The van der Waals surface area contributed by atoms with E-state index in [4.69, 9.17) is 4.74 Å². The van der Waals surface area contributed by atoms with Gasteiger partial charge in [0, 0.05) is 42.4 Å². The van der Waals surface area contributed by atoms with E-state index in [0.29, 0.717) is 13.0 Å². The minimum absolute atomic E-state index is 0.140. The predicted octanol–water partition coefficient (Wildman–Crippen LogP) is 4.77. The van der Waals surface area contributed by atoms with E-state index in [1.807, 2.05) is 62.5 Å². The number of aromatic nitrogens is 1. The third-order valence-corrected chi connectivity index (χ3v) is 6.70. The molecule has 5 rings (SSSR count). The SMILES string of the molecule is CC(C)C(=O)NC(Cc1c[nH]c2ccccc12)C(=O)NCc1ccc(-c2ccc3c(c2)CCO3)cc1. The molecule has 0 spiro atoms. The van der Waals surface area contributed by atoms with Crippen LogP contribution in [0.4, 0.5) is 0 Å². The van der Waals surface area contributed by atoms with Crippen molar-refractivity contribution in [2.45, 2.75) is 39.3 Å². The van der Waals surface area contributed by atoms with Crippen LogP contribution in [0.25, 0.3) is 22.0 Å². The van der Waals surface area contributed by atoms with Crippen molar-refractivity contribution in [2.75, 3.05) is 6.61 Å². The Bertz CT molecular complexity index is 1390. The fraction of sp³-hybridized carbons (Fsp3) is 0.267. The number of amides is 2. The number of fused-ring (bicyclic) bond motifs is 2. The van der Waals surface area contributed by atoms with E-state index in [1.54, 1.807) is 0 Å². The molecule has 6 heteroatoms. The van der Waals surface area contributed by atoms with Crippen LogP contribution >= 0.6 is 0 Å². The number of rotatable bonds is 8. The lowest BCUT2D eigenvalue weighted by Gasteiger charge is -2.20. The summed E-state index contributed by atoms with van der Waals surface area (Å²) in [4.78, 5) is 28.9. The monoisotopic (exact) mass is 481 g/mol. The highest BCUT2D eigenvalue weighted by Gasteiger charge is 2.23. The molecule has 0 aliphatic carbocycles. The normalized spacial score (nSPS) is 13.3. The Morgan fingerprint density at radius 3 is 2.56 bits per heavy atom. The summed E-state index contributed by atoms with van der Waals surface area (Å²) in [7, 11) is 0. The number of benzene rings is 3. The summed E-state index contributed by atoms with van der Waals surface area (Å²) in [5.74, 6) is 0.433. The predicted molar refractivity (Wildman–Crippen MR) is 142 cm³/mol. The maximum Gasteiger partial charge on any atom is 0.243 e. The average Bonchev–Trinajstić information content (AvgIpc) is 3.53. The van der Waals surface area contributed by atoms with Crippen molar-refractivity contribution in [2.24, 2.45) is 5.92 Å². The van der Waals surface area contributed by atoms with E-state index in [-0.39, 0.29) is 17.7 Å². The molecule has 1 unspecified atom stereocenters. The van der Waals surface area contributed by atoms with E-state index >= 15 is 0 Å². The second-order valence-electron chi connectivity index (χ2n) is 9.62. The number of ether oxygens (including phenoxy) is 1. The average molecular weight is 482 g/mol. The smallest absolute Gasteiger partial charge is 0.243 e. The third kappa shape index (κ3) is 5.13. The van der Waals surface area contributed by atoms with Crippen molar-refractivity contribution in [3.05, 3.63) is 89.6 Å². The summed E-state index contributed by atoms with van der Waals surface area (Å²) in [6.45, 7) is 4.78. The topological polar surface area (TPSA) is 83.2 Å². The summed E-state index contributed by atoms with van der Waals surface area (Å²) in [6.07, 6.45) is 3.27. The summed E-state index contributed by atoms with van der Waals surface area (Å²) < 4.78 is 5.60. The van der Waals surface area contributed by atoms with Gasteiger partial charge < -0.3 is 20.4 Å². The van der Waals surface area contributed by atoms with Gasteiger partial charge in [-0.15, -0.1) is 0 Å². The number of para-hydroxylation sites is 1. The molecule has 1 aromatic heterocycles. The first kappa shape index (κ1) is 23.7. The molecule has 2 amide bonds. The molecule has 3 aromatic carbocycles. The van der Waals surface area contributed by atoms with E-state index in [2.05, 4.69) is 39.9 Å². The molecule has 3 N–H and O–H groups in total. The van der Waals surface area contributed by atoms with Crippen molar-refractivity contribution >= 4 is 22.7 Å². The Balaban J connectivity index is 1.26. The second kappa shape index (κ2) is 10.3. The number of carbonyl (C=O) groups excluding carboxylic acids is 2. The molecule has 2 heterocycles. The number of carbonyl (C=O) groups is 2. The van der Waals surface area contributed by atoms with Crippen LogP contribution in [0.2, 0.25) is 0 Å². The number of nitrogens with one attached hydrogen (secondary N) is 3. The highest BCUT2D eigenvalue weighted by atomic mass is 16.5. The fourth-order valence-electron chi connectivity index (χ4n) is 4.56. The highest BCUT2D eigenvalue weighted by Crippen LogP contribution is 2.30. The van der Waals surface area contributed by atoms with Crippen LogP contribution in [0.15, 0.2) is 72.9 Å². The van der Waals surface area contributed by atoms with Gasteiger partial charge in [0.1, 0.15) is 11.8 Å². The van der Waals surface area contributed by atoms with Crippen molar-refractivity contribution in [1.82, 2.24) is 15.6 Å². The van der Waals surface area contributed by atoms with Crippen LogP contribution in [0, 0.1) is 5.92 Å². The van der Waals surface area contributed by atoms with E-state index in [0.717, 1.165) is 51.9 Å². The molecule has 0 fully saturated rings. The molecule has 1 atom stereocenters. The second-order valence-corrected chi connectivity index (χ2v) is 9.62. The highest BCUT2D eigenvalue weighted by molar-refractivity contribution is 5.90. The Hall–Kier alpha value is -4.06. The molecule has 36 heavy (non-hydrogen) atoms. The van der Waals surface area contributed by atoms with Gasteiger partial charge in [-0.25, -0.2) is 0 Å². The number of hydrogen-bond donors (Lipinski definition) is 3. The van der Waals surface area contributed by atoms with Crippen LogP contribution in [0.1, 0.15) is 30.5 Å². The van der Waals surface area contributed by atoms with Crippen LogP contribution in [0.3, 0.4) is 0 Å². The van der Waals surface area contributed by atoms with Gasteiger partial charge in [-0.1, -0.05) is 62.4 Å². The molecule has 6 nitrogen and oxygen atoms in total. The summed E-state index contributed by atoms with van der Waals surface area (Å²) in [5.41, 5.74) is 6.54. The zero-order chi connectivity index (χ0) is 25.1. The molecular weight excluding hydrogens is 450 g/mol. The molecule has 0 saturated carbocycles. The molecule has 184 valence electrons. The van der Waals surface area contributed by atoms with Gasteiger partial charge in [0.05, 0.1) is 6.61 Å². The molecule has 0 saturated heterocycles. The Morgan fingerprint density at radius 2 is 1.75 bits per heavy atom. The van der Waals surface area contributed by atoms with Crippen molar-refractivity contribution < 1.29 is 14.3 Å². The first-order valence-electron chi connectivity index (χ1n) is 12.5. The minimum Gasteiger partial charge on any atom is -0.493 e. The number of aromatic amines is 1. The van der Waals surface area contributed by atoms with Crippen molar-refractivity contribution in [3.8, 4) is 16.9 Å². The van der Waals surface area contributed by atoms with Gasteiger partial charge in [-0.05, 0) is 46.0 Å². The fourth-order valence-corrected chi connectivity index (χ4v) is 4.56. The number of hydrogen-bond acceptors (Lipinski definition) is 3. The lowest BCUT2D eigenvalue weighted by atomic mass is 10.0. The number of H-pyrrole nitrogens is 1. The van der Waals surface area contributed by atoms with Gasteiger partial charge in [-0.2, -0.15) is 0 Å². The lowest BCUT2D eigenvalue weighted by molar-refractivity contribution is -0.130. The van der Waals surface area contributed by atoms with Crippen LogP contribution in [-0.2, 0) is 29.0 Å². The van der Waals surface area contributed by atoms with Gasteiger partial charge >= 0.3 is 0 Å². The standard InChI is InChI=1S/C30H31N3O3/c1-19(2)29(34)33-27(16-24-18-31-26-6-4-3-5-25(24)26)30(35)32-17-20-7-9-21(10-8-20)22-11-12-28-23(15-22)13-14-36-28/h3-12,15,18-19,27,31H,13-14,16-17H2,1-2H3,(H,32,35)(H,33,34). The molecule has 0 bridgehead atoms.